The number of aliphatic hydroxyl groups is 1. The van der Waals surface area contributed by atoms with Crippen molar-refractivity contribution in [2.45, 2.75) is 25.8 Å². The smallest absolute Gasteiger partial charge is 0.238 e. The maximum Gasteiger partial charge on any atom is 0.238 e. The molecule has 5 nitrogen and oxygen atoms in total. The van der Waals surface area contributed by atoms with Crippen LogP contribution in [0.25, 0.3) is 0 Å². The third-order valence-corrected chi connectivity index (χ3v) is 4.04. The molecule has 1 saturated heterocycles. The lowest BCUT2D eigenvalue weighted by molar-refractivity contribution is -0.118. The zero-order valence-electron chi connectivity index (χ0n) is 12.2. The largest absolute Gasteiger partial charge is 0.395 e. The third kappa shape index (κ3) is 4.03. The Hall–Kier alpha value is -1.90. The van der Waals surface area contributed by atoms with Gasteiger partial charge < -0.3 is 10.4 Å². The summed E-state index contributed by atoms with van der Waals surface area (Å²) in [5.74, 6) is 0.288. The molecule has 1 aromatic rings. The summed E-state index contributed by atoms with van der Waals surface area (Å²) in [4.78, 5) is 14.2. The van der Waals surface area contributed by atoms with Crippen LogP contribution in [0.2, 0.25) is 0 Å². The van der Waals surface area contributed by atoms with Crippen LogP contribution in [0.1, 0.15) is 25.3 Å². The molecule has 112 valence electrons. The number of aliphatic hydroxyl groups excluding tert-OH is 1. The van der Waals surface area contributed by atoms with Gasteiger partial charge in [0, 0.05) is 11.7 Å². The highest BCUT2D eigenvalue weighted by atomic mass is 16.3. The molecule has 1 aliphatic heterocycles. The number of nitrogens with zero attached hydrogens (tertiary/aromatic N) is 2. The molecule has 1 heterocycles. The first kappa shape index (κ1) is 15.5. The predicted molar refractivity (Wildman–Crippen MR) is 80.6 cm³/mol. The van der Waals surface area contributed by atoms with Crippen LogP contribution in [0.15, 0.2) is 24.3 Å². The molecular weight excluding hydrogens is 266 g/mol. The zero-order chi connectivity index (χ0) is 15.2. The van der Waals surface area contributed by atoms with Crippen molar-refractivity contribution in [1.82, 2.24) is 4.90 Å². The zero-order valence-corrected chi connectivity index (χ0v) is 12.2. The topological polar surface area (TPSA) is 76.4 Å². The molecule has 2 atom stereocenters. The molecule has 0 saturated carbocycles. The number of nitriles is 1. The number of rotatable bonds is 4. The van der Waals surface area contributed by atoms with Crippen molar-refractivity contribution in [2.24, 2.45) is 5.92 Å². The quantitative estimate of drug-likeness (QED) is 0.881. The van der Waals surface area contributed by atoms with E-state index in [4.69, 9.17) is 5.26 Å². The maximum atomic E-state index is 12.1. The molecule has 0 spiro atoms. The fourth-order valence-electron chi connectivity index (χ4n) is 2.88. The van der Waals surface area contributed by atoms with E-state index in [1.807, 2.05) is 11.0 Å². The maximum absolute atomic E-state index is 12.1. The fourth-order valence-corrected chi connectivity index (χ4v) is 2.88. The number of hydrogen-bond acceptors (Lipinski definition) is 4. The normalized spacial score (nSPS) is 22.5. The molecule has 0 bridgehead atoms. The summed E-state index contributed by atoms with van der Waals surface area (Å²) in [5.41, 5.74) is 1.15. The van der Waals surface area contributed by atoms with Crippen LogP contribution >= 0.6 is 0 Å². The van der Waals surface area contributed by atoms with Crippen LogP contribution < -0.4 is 5.32 Å². The average molecular weight is 287 g/mol. The lowest BCUT2D eigenvalue weighted by atomic mass is 9.91. The van der Waals surface area contributed by atoms with Crippen molar-refractivity contribution >= 4 is 11.6 Å². The van der Waals surface area contributed by atoms with E-state index >= 15 is 0 Å². The molecule has 21 heavy (non-hydrogen) atoms. The highest BCUT2D eigenvalue weighted by Crippen LogP contribution is 2.22. The summed E-state index contributed by atoms with van der Waals surface area (Å²) in [6.07, 6.45) is 2.14. The van der Waals surface area contributed by atoms with E-state index in [1.54, 1.807) is 24.3 Å². The molecule has 0 aromatic heterocycles. The van der Waals surface area contributed by atoms with Crippen LogP contribution in [0, 0.1) is 17.2 Å². The first-order valence-corrected chi connectivity index (χ1v) is 7.29. The minimum atomic E-state index is -0.113. The van der Waals surface area contributed by atoms with E-state index in [2.05, 4.69) is 12.2 Å². The van der Waals surface area contributed by atoms with E-state index in [-0.39, 0.29) is 25.1 Å². The number of benzene rings is 1. The highest BCUT2D eigenvalue weighted by Gasteiger charge is 2.29. The third-order valence-electron chi connectivity index (χ3n) is 4.04. The van der Waals surface area contributed by atoms with Crippen LogP contribution in [0.4, 0.5) is 5.69 Å². The van der Waals surface area contributed by atoms with Crippen molar-refractivity contribution in [3.8, 4) is 6.07 Å². The lowest BCUT2D eigenvalue weighted by Gasteiger charge is -2.38. The number of piperidine rings is 1. The summed E-state index contributed by atoms with van der Waals surface area (Å²) in [6.45, 7) is 3.30. The lowest BCUT2D eigenvalue weighted by Crippen LogP contribution is -2.49. The molecule has 2 rings (SSSR count). The second kappa shape index (κ2) is 7.21. The number of carbonyl (C=O) groups excluding carboxylic acids is 1. The fraction of sp³-hybridized carbons (Fsp3) is 0.500. The summed E-state index contributed by atoms with van der Waals surface area (Å²) in [6, 6.07) is 8.96. The van der Waals surface area contributed by atoms with Crippen molar-refractivity contribution in [3.63, 3.8) is 0 Å². The average Bonchev–Trinajstić information content (AvgIpc) is 2.47. The van der Waals surface area contributed by atoms with Crippen molar-refractivity contribution < 1.29 is 9.90 Å². The molecule has 2 N–H and O–H groups in total. The molecular formula is C16H21N3O2. The van der Waals surface area contributed by atoms with Gasteiger partial charge in [0.2, 0.25) is 5.91 Å². The molecule has 0 aliphatic carbocycles. The second-order valence-electron chi connectivity index (χ2n) is 5.58. The number of nitrogens with one attached hydrogen (secondary N) is 1. The molecule has 0 radical (unpaired) electrons. The highest BCUT2D eigenvalue weighted by molar-refractivity contribution is 5.92. The van der Waals surface area contributed by atoms with Gasteiger partial charge in [0.1, 0.15) is 0 Å². The van der Waals surface area contributed by atoms with Gasteiger partial charge in [-0.05, 0) is 43.5 Å². The van der Waals surface area contributed by atoms with Gasteiger partial charge in [0.05, 0.1) is 24.8 Å². The van der Waals surface area contributed by atoms with Gasteiger partial charge in [0.15, 0.2) is 0 Å². The summed E-state index contributed by atoms with van der Waals surface area (Å²) >= 11 is 0. The van der Waals surface area contributed by atoms with E-state index in [0.29, 0.717) is 17.2 Å². The van der Waals surface area contributed by atoms with E-state index in [0.717, 1.165) is 19.4 Å². The van der Waals surface area contributed by atoms with Gasteiger partial charge in [0.25, 0.3) is 0 Å². The Morgan fingerprint density at radius 1 is 1.57 bits per heavy atom. The Kier molecular flexibility index (Phi) is 5.32. The van der Waals surface area contributed by atoms with Crippen molar-refractivity contribution in [2.75, 3.05) is 25.0 Å². The monoisotopic (exact) mass is 287 g/mol. The first-order chi connectivity index (χ1) is 10.1. The van der Waals surface area contributed by atoms with Gasteiger partial charge in [-0.3, -0.25) is 9.69 Å². The molecule has 1 amide bonds. The van der Waals surface area contributed by atoms with Crippen LogP contribution in [0.3, 0.4) is 0 Å². The number of hydrogen-bond donors (Lipinski definition) is 2. The molecule has 2 unspecified atom stereocenters. The molecule has 5 heteroatoms. The van der Waals surface area contributed by atoms with E-state index < -0.39 is 0 Å². The first-order valence-electron chi connectivity index (χ1n) is 7.29. The van der Waals surface area contributed by atoms with Gasteiger partial charge >= 0.3 is 0 Å². The Morgan fingerprint density at radius 3 is 3.10 bits per heavy atom. The standard InChI is InChI=1S/C16H21N3O2/c1-12-4-3-7-19(15(12)11-20)10-16(21)18-14-6-2-5-13(8-14)9-17/h2,5-6,8,12,15,20H,3-4,7,10-11H2,1H3,(H,18,21). The Morgan fingerprint density at radius 2 is 2.38 bits per heavy atom. The summed E-state index contributed by atoms with van der Waals surface area (Å²) in [7, 11) is 0. The predicted octanol–water partition coefficient (Wildman–Crippen LogP) is 1.59. The number of carbonyl (C=O) groups is 1. The summed E-state index contributed by atoms with van der Waals surface area (Å²) < 4.78 is 0. The van der Waals surface area contributed by atoms with Crippen molar-refractivity contribution in [3.05, 3.63) is 29.8 Å². The van der Waals surface area contributed by atoms with Gasteiger partial charge in [-0.1, -0.05) is 13.0 Å². The molecule has 1 aliphatic rings. The van der Waals surface area contributed by atoms with Crippen LogP contribution in [0.5, 0.6) is 0 Å². The number of amides is 1. The molecule has 1 fully saturated rings. The Balaban J connectivity index is 1.96. The number of likely N-dealkylation sites (tertiary alicyclic amines) is 1. The van der Waals surface area contributed by atoms with E-state index in [1.165, 1.54) is 0 Å². The minimum absolute atomic E-state index is 0.0509. The van der Waals surface area contributed by atoms with Crippen LogP contribution in [-0.2, 0) is 4.79 Å². The number of anilines is 1. The van der Waals surface area contributed by atoms with Crippen molar-refractivity contribution in [1.29, 1.82) is 5.26 Å². The van der Waals surface area contributed by atoms with Crippen LogP contribution in [-0.4, -0.2) is 41.7 Å². The SMILES string of the molecule is CC1CCCN(CC(=O)Nc2cccc(C#N)c2)C1CO. The van der Waals surface area contributed by atoms with Gasteiger partial charge in [-0.2, -0.15) is 5.26 Å². The van der Waals surface area contributed by atoms with Gasteiger partial charge in [-0.15, -0.1) is 0 Å². The van der Waals surface area contributed by atoms with Gasteiger partial charge in [-0.25, -0.2) is 0 Å². The van der Waals surface area contributed by atoms with E-state index in [9.17, 15) is 9.90 Å². The Labute approximate surface area is 125 Å². The second-order valence-corrected chi connectivity index (χ2v) is 5.58. The summed E-state index contributed by atoms with van der Waals surface area (Å²) in [5, 5.41) is 21.2. The Bertz CT molecular complexity index is 539. The molecule has 1 aromatic carbocycles. The minimum Gasteiger partial charge on any atom is -0.395 e.